The van der Waals surface area contributed by atoms with Crippen LogP contribution in [-0.2, 0) is 9.59 Å². The second-order valence-corrected chi connectivity index (χ2v) is 6.92. The van der Waals surface area contributed by atoms with Gasteiger partial charge in [-0.25, -0.2) is 0 Å². The molecule has 22 heavy (non-hydrogen) atoms. The van der Waals surface area contributed by atoms with Crippen LogP contribution in [0.1, 0.15) is 27.2 Å². The quantitative estimate of drug-likeness (QED) is 0.697. The summed E-state index contributed by atoms with van der Waals surface area (Å²) in [6.07, 6.45) is 0.123. The number of benzene rings is 1. The molecule has 8 heteroatoms. The van der Waals surface area contributed by atoms with Crippen LogP contribution in [0.5, 0.6) is 0 Å². The number of anilines is 1. The molecule has 0 spiro atoms. The van der Waals surface area contributed by atoms with Crippen molar-refractivity contribution in [3.05, 3.63) is 27.2 Å². The standard InChI is InChI=1S/C14H18Cl3N3O2/c1-14(2,3)13(22)18-5-4-11(21)19-20-12-9(16)6-8(15)7-10(12)17/h6-7,20H,4-5H2,1-3H3,(H,18,22)(H,19,21). The largest absolute Gasteiger partial charge is 0.355 e. The van der Waals surface area contributed by atoms with Crippen LogP contribution in [0.2, 0.25) is 15.1 Å². The van der Waals surface area contributed by atoms with Crippen molar-refractivity contribution in [2.45, 2.75) is 27.2 Å². The number of rotatable bonds is 5. The first-order valence-corrected chi connectivity index (χ1v) is 7.72. The normalized spacial score (nSPS) is 11.0. The van der Waals surface area contributed by atoms with E-state index in [0.29, 0.717) is 20.8 Å². The third kappa shape index (κ3) is 5.91. The molecule has 0 unspecified atom stereocenters. The first-order valence-electron chi connectivity index (χ1n) is 6.59. The summed E-state index contributed by atoms with van der Waals surface area (Å²) in [5, 5.41) is 3.67. The average molecular weight is 367 g/mol. The number of hydrogen-bond acceptors (Lipinski definition) is 3. The van der Waals surface area contributed by atoms with Gasteiger partial charge in [-0.2, -0.15) is 0 Å². The van der Waals surface area contributed by atoms with Crippen LogP contribution in [-0.4, -0.2) is 18.4 Å². The van der Waals surface area contributed by atoms with Crippen molar-refractivity contribution in [1.29, 1.82) is 0 Å². The topological polar surface area (TPSA) is 70.2 Å². The zero-order valence-corrected chi connectivity index (χ0v) is 14.8. The number of hydrogen-bond donors (Lipinski definition) is 3. The lowest BCUT2D eigenvalue weighted by Gasteiger charge is -2.17. The highest BCUT2D eigenvalue weighted by Gasteiger charge is 2.20. The number of carbonyl (C=O) groups is 2. The number of carbonyl (C=O) groups excluding carboxylic acids is 2. The lowest BCUT2D eigenvalue weighted by atomic mass is 9.96. The lowest BCUT2D eigenvalue weighted by Crippen LogP contribution is -2.38. The van der Waals surface area contributed by atoms with E-state index in [0.717, 1.165) is 0 Å². The summed E-state index contributed by atoms with van der Waals surface area (Å²) in [7, 11) is 0. The minimum Gasteiger partial charge on any atom is -0.355 e. The van der Waals surface area contributed by atoms with Crippen molar-refractivity contribution >= 4 is 52.3 Å². The SMILES string of the molecule is CC(C)(C)C(=O)NCCC(=O)NNc1c(Cl)cc(Cl)cc1Cl. The molecule has 0 saturated carbocycles. The fourth-order valence-corrected chi connectivity index (χ4v) is 2.32. The van der Waals surface area contributed by atoms with Crippen LogP contribution < -0.4 is 16.2 Å². The maximum atomic E-state index is 11.7. The van der Waals surface area contributed by atoms with Crippen molar-refractivity contribution in [1.82, 2.24) is 10.7 Å². The fraction of sp³-hybridized carbons (Fsp3) is 0.429. The minimum atomic E-state index is -0.487. The van der Waals surface area contributed by atoms with E-state index in [1.165, 1.54) is 12.1 Å². The summed E-state index contributed by atoms with van der Waals surface area (Å²) in [6, 6.07) is 3.01. The zero-order chi connectivity index (χ0) is 16.9. The highest BCUT2D eigenvalue weighted by Crippen LogP contribution is 2.32. The van der Waals surface area contributed by atoms with Crippen molar-refractivity contribution in [3.8, 4) is 0 Å². The highest BCUT2D eigenvalue weighted by atomic mass is 35.5. The lowest BCUT2D eigenvalue weighted by molar-refractivity contribution is -0.128. The van der Waals surface area contributed by atoms with Crippen molar-refractivity contribution < 1.29 is 9.59 Å². The molecule has 3 N–H and O–H groups in total. The maximum absolute atomic E-state index is 11.7. The molecule has 1 rings (SSSR count). The number of amides is 2. The van der Waals surface area contributed by atoms with Crippen LogP contribution in [0, 0.1) is 5.41 Å². The Hall–Kier alpha value is -1.17. The molecule has 0 radical (unpaired) electrons. The first kappa shape index (κ1) is 18.9. The van der Waals surface area contributed by atoms with Crippen LogP contribution in [0.3, 0.4) is 0 Å². The maximum Gasteiger partial charge on any atom is 0.240 e. The smallest absolute Gasteiger partial charge is 0.240 e. The van der Waals surface area contributed by atoms with E-state index in [1.54, 1.807) is 20.8 Å². The Morgan fingerprint density at radius 2 is 1.64 bits per heavy atom. The van der Waals surface area contributed by atoms with Gasteiger partial charge in [0.25, 0.3) is 0 Å². The molecule has 0 aliphatic carbocycles. The summed E-state index contributed by atoms with van der Waals surface area (Å²) in [6.45, 7) is 5.64. The minimum absolute atomic E-state index is 0.114. The van der Waals surface area contributed by atoms with Gasteiger partial charge in [0.2, 0.25) is 11.8 Å². The molecule has 2 amide bonds. The Morgan fingerprint density at radius 3 is 2.14 bits per heavy atom. The number of nitrogens with one attached hydrogen (secondary N) is 3. The third-order valence-corrected chi connectivity index (χ3v) is 3.47. The Balaban J connectivity index is 2.43. The second-order valence-electron chi connectivity index (χ2n) is 5.67. The van der Waals surface area contributed by atoms with Gasteiger partial charge in [0, 0.05) is 23.4 Å². The molecular formula is C14H18Cl3N3O2. The fourth-order valence-electron chi connectivity index (χ4n) is 1.41. The molecule has 5 nitrogen and oxygen atoms in total. The average Bonchev–Trinajstić information content (AvgIpc) is 2.36. The summed E-state index contributed by atoms with van der Waals surface area (Å²) in [5.41, 5.74) is 4.98. The van der Waals surface area contributed by atoms with E-state index in [9.17, 15) is 9.59 Å². The van der Waals surface area contributed by atoms with Crippen LogP contribution in [0.4, 0.5) is 5.69 Å². The first-order chi connectivity index (χ1) is 10.1. The second kappa shape index (κ2) is 7.90. The van der Waals surface area contributed by atoms with Gasteiger partial charge in [-0.3, -0.25) is 20.4 Å². The van der Waals surface area contributed by atoms with Gasteiger partial charge in [-0.05, 0) is 12.1 Å². The summed E-state index contributed by atoms with van der Waals surface area (Å²) in [4.78, 5) is 23.3. The van der Waals surface area contributed by atoms with Gasteiger partial charge in [0.15, 0.2) is 0 Å². The van der Waals surface area contributed by atoms with Crippen LogP contribution in [0.15, 0.2) is 12.1 Å². The summed E-state index contributed by atoms with van der Waals surface area (Å²) in [5.74, 6) is -0.423. The van der Waals surface area contributed by atoms with Crippen LogP contribution in [0.25, 0.3) is 0 Å². The molecule has 0 bridgehead atoms. The predicted octanol–water partition coefficient (Wildman–Crippen LogP) is 3.64. The third-order valence-electron chi connectivity index (χ3n) is 2.65. The van der Waals surface area contributed by atoms with E-state index in [-0.39, 0.29) is 24.8 Å². The van der Waals surface area contributed by atoms with Crippen molar-refractivity contribution in [3.63, 3.8) is 0 Å². The van der Waals surface area contributed by atoms with Gasteiger partial charge in [0.1, 0.15) is 0 Å². The van der Waals surface area contributed by atoms with Crippen LogP contribution >= 0.6 is 34.8 Å². The molecular weight excluding hydrogens is 349 g/mol. The van der Waals surface area contributed by atoms with E-state index in [2.05, 4.69) is 16.2 Å². The molecule has 1 aromatic rings. The van der Waals surface area contributed by atoms with Gasteiger partial charge < -0.3 is 5.32 Å². The van der Waals surface area contributed by atoms with E-state index in [4.69, 9.17) is 34.8 Å². The molecule has 1 aromatic carbocycles. The van der Waals surface area contributed by atoms with E-state index < -0.39 is 5.41 Å². The van der Waals surface area contributed by atoms with Gasteiger partial charge in [-0.1, -0.05) is 55.6 Å². The Bertz CT molecular complexity index is 548. The molecule has 0 saturated heterocycles. The predicted molar refractivity (Wildman–Crippen MR) is 90.3 cm³/mol. The molecule has 0 heterocycles. The molecule has 0 aliphatic rings. The van der Waals surface area contributed by atoms with Gasteiger partial charge in [-0.15, -0.1) is 0 Å². The number of halogens is 3. The summed E-state index contributed by atoms with van der Waals surface area (Å²) >= 11 is 17.7. The molecule has 0 aromatic heterocycles. The van der Waals surface area contributed by atoms with E-state index >= 15 is 0 Å². The van der Waals surface area contributed by atoms with E-state index in [1.807, 2.05) is 0 Å². The van der Waals surface area contributed by atoms with Gasteiger partial charge >= 0.3 is 0 Å². The Labute approximate surface area is 144 Å². The van der Waals surface area contributed by atoms with Crippen molar-refractivity contribution in [2.24, 2.45) is 5.41 Å². The Kier molecular flexibility index (Phi) is 6.78. The monoisotopic (exact) mass is 365 g/mol. The molecule has 0 atom stereocenters. The zero-order valence-electron chi connectivity index (χ0n) is 12.5. The summed E-state index contributed by atoms with van der Waals surface area (Å²) < 4.78 is 0. The number of hydrazine groups is 1. The van der Waals surface area contributed by atoms with Gasteiger partial charge in [0.05, 0.1) is 15.7 Å². The molecule has 122 valence electrons. The Morgan fingerprint density at radius 1 is 1.09 bits per heavy atom. The molecule has 0 fully saturated rings. The highest BCUT2D eigenvalue weighted by molar-refractivity contribution is 6.41. The van der Waals surface area contributed by atoms with Crippen molar-refractivity contribution in [2.75, 3.05) is 12.0 Å². The molecule has 0 aliphatic heterocycles.